The number of benzene rings is 1. The maximum absolute atomic E-state index is 5.47. The van der Waals surface area contributed by atoms with Crippen molar-refractivity contribution in [3.8, 4) is 0 Å². The van der Waals surface area contributed by atoms with Gasteiger partial charge in [0.2, 0.25) is 0 Å². The van der Waals surface area contributed by atoms with E-state index in [2.05, 4.69) is 41.8 Å². The van der Waals surface area contributed by atoms with Gasteiger partial charge in [-0.15, -0.1) is 0 Å². The number of nitrogens with one attached hydrogen (secondary N) is 2. The Morgan fingerprint density at radius 2 is 1.65 bits per heavy atom. The van der Waals surface area contributed by atoms with E-state index in [1.807, 2.05) is 6.07 Å². The van der Waals surface area contributed by atoms with E-state index in [-0.39, 0.29) is 6.04 Å². The van der Waals surface area contributed by atoms with Gasteiger partial charge in [0.15, 0.2) is 5.11 Å². The largest absolute Gasteiger partial charge is 0.360 e. The van der Waals surface area contributed by atoms with E-state index in [1.165, 1.54) is 50.5 Å². The SMILES string of the molecule is C[C@H](NC(=S)NC1CCCCCCC1)c1ccccc1. The molecule has 2 N–H and O–H groups in total. The van der Waals surface area contributed by atoms with Crippen molar-refractivity contribution in [2.45, 2.75) is 64.0 Å². The summed E-state index contributed by atoms with van der Waals surface area (Å²) in [6.07, 6.45) is 9.31. The Morgan fingerprint density at radius 3 is 2.30 bits per heavy atom. The van der Waals surface area contributed by atoms with Crippen molar-refractivity contribution in [2.24, 2.45) is 0 Å². The van der Waals surface area contributed by atoms with Gasteiger partial charge in [0.05, 0.1) is 6.04 Å². The van der Waals surface area contributed by atoms with E-state index >= 15 is 0 Å². The van der Waals surface area contributed by atoms with Crippen molar-refractivity contribution < 1.29 is 0 Å². The molecule has 1 aromatic rings. The molecule has 0 spiro atoms. The molecule has 0 heterocycles. The molecule has 0 unspecified atom stereocenters. The van der Waals surface area contributed by atoms with Crippen LogP contribution in [0.15, 0.2) is 30.3 Å². The first-order valence-electron chi connectivity index (χ1n) is 7.87. The van der Waals surface area contributed by atoms with Gasteiger partial charge in [0, 0.05) is 6.04 Å². The Labute approximate surface area is 128 Å². The summed E-state index contributed by atoms with van der Waals surface area (Å²) in [7, 11) is 0. The lowest BCUT2D eigenvalue weighted by atomic mass is 9.97. The van der Waals surface area contributed by atoms with Crippen LogP contribution >= 0.6 is 12.2 Å². The molecule has 0 aromatic heterocycles. The molecule has 1 aromatic carbocycles. The van der Waals surface area contributed by atoms with E-state index in [4.69, 9.17) is 12.2 Å². The van der Waals surface area contributed by atoms with Crippen LogP contribution in [0, 0.1) is 0 Å². The Bertz CT molecular complexity index is 397. The fourth-order valence-electron chi connectivity index (χ4n) is 2.85. The van der Waals surface area contributed by atoms with Gasteiger partial charge in [-0.1, -0.05) is 62.4 Å². The first-order valence-corrected chi connectivity index (χ1v) is 8.28. The maximum atomic E-state index is 5.47. The highest BCUT2D eigenvalue weighted by Crippen LogP contribution is 2.17. The zero-order valence-electron chi connectivity index (χ0n) is 12.4. The van der Waals surface area contributed by atoms with Gasteiger partial charge in [-0.05, 0) is 37.5 Å². The maximum Gasteiger partial charge on any atom is 0.166 e. The lowest BCUT2D eigenvalue weighted by Crippen LogP contribution is -2.43. The Balaban J connectivity index is 1.79. The van der Waals surface area contributed by atoms with Crippen LogP contribution < -0.4 is 10.6 Å². The summed E-state index contributed by atoms with van der Waals surface area (Å²) in [5, 5.41) is 7.71. The molecule has 1 atom stereocenters. The van der Waals surface area contributed by atoms with E-state index < -0.39 is 0 Å². The first kappa shape index (κ1) is 15.3. The number of hydrogen-bond donors (Lipinski definition) is 2. The Morgan fingerprint density at radius 1 is 1.05 bits per heavy atom. The number of rotatable bonds is 3. The van der Waals surface area contributed by atoms with Gasteiger partial charge in [-0.25, -0.2) is 0 Å². The highest BCUT2D eigenvalue weighted by atomic mass is 32.1. The second kappa shape index (κ2) is 8.25. The third kappa shape index (κ3) is 5.12. The summed E-state index contributed by atoms with van der Waals surface area (Å²) in [6.45, 7) is 2.15. The van der Waals surface area contributed by atoms with Crippen LogP contribution in [0.25, 0.3) is 0 Å². The van der Waals surface area contributed by atoms with E-state index in [9.17, 15) is 0 Å². The normalized spacial score (nSPS) is 18.6. The summed E-state index contributed by atoms with van der Waals surface area (Å²) in [5.74, 6) is 0. The van der Waals surface area contributed by atoms with Crippen LogP contribution in [0.1, 0.15) is 63.5 Å². The molecule has 0 radical (unpaired) electrons. The lowest BCUT2D eigenvalue weighted by molar-refractivity contribution is 0.426. The summed E-state index contributed by atoms with van der Waals surface area (Å²) < 4.78 is 0. The topological polar surface area (TPSA) is 24.1 Å². The molecular weight excluding hydrogens is 264 g/mol. The summed E-state index contributed by atoms with van der Waals surface area (Å²) in [4.78, 5) is 0. The van der Waals surface area contributed by atoms with Crippen molar-refractivity contribution >= 4 is 17.3 Å². The first-order chi connectivity index (χ1) is 9.75. The molecule has 0 saturated heterocycles. The van der Waals surface area contributed by atoms with Gasteiger partial charge in [0.25, 0.3) is 0 Å². The molecule has 2 nitrogen and oxygen atoms in total. The zero-order valence-corrected chi connectivity index (χ0v) is 13.2. The Hall–Kier alpha value is -1.09. The molecule has 1 fully saturated rings. The molecule has 0 bridgehead atoms. The molecular formula is C17H26N2S. The standard InChI is InChI=1S/C17H26N2S/c1-14(15-10-6-5-7-11-15)18-17(20)19-16-12-8-3-2-4-9-13-16/h5-7,10-11,14,16H,2-4,8-9,12-13H2,1H3,(H2,18,19,20)/t14-/m0/s1. The van der Waals surface area contributed by atoms with Crippen molar-refractivity contribution in [1.82, 2.24) is 10.6 Å². The monoisotopic (exact) mass is 290 g/mol. The fraction of sp³-hybridized carbons (Fsp3) is 0.588. The van der Waals surface area contributed by atoms with Crippen LogP contribution in [0.4, 0.5) is 0 Å². The van der Waals surface area contributed by atoms with Crippen molar-refractivity contribution in [1.29, 1.82) is 0 Å². The highest BCUT2D eigenvalue weighted by Gasteiger charge is 2.13. The molecule has 1 saturated carbocycles. The minimum absolute atomic E-state index is 0.254. The zero-order chi connectivity index (χ0) is 14.2. The third-order valence-electron chi connectivity index (χ3n) is 4.09. The molecule has 20 heavy (non-hydrogen) atoms. The Kier molecular flexibility index (Phi) is 6.31. The smallest absolute Gasteiger partial charge is 0.166 e. The van der Waals surface area contributed by atoms with Crippen LogP contribution in [0.5, 0.6) is 0 Å². The van der Waals surface area contributed by atoms with Crippen molar-refractivity contribution in [3.63, 3.8) is 0 Å². The van der Waals surface area contributed by atoms with Gasteiger partial charge in [-0.3, -0.25) is 0 Å². The van der Waals surface area contributed by atoms with Crippen molar-refractivity contribution in [2.75, 3.05) is 0 Å². The van der Waals surface area contributed by atoms with Gasteiger partial charge < -0.3 is 10.6 Å². The number of thiocarbonyl (C=S) groups is 1. The minimum Gasteiger partial charge on any atom is -0.360 e. The molecule has 1 aliphatic rings. The summed E-state index contributed by atoms with van der Waals surface area (Å²) in [6, 6.07) is 11.3. The average Bonchev–Trinajstić information content (AvgIpc) is 2.42. The highest BCUT2D eigenvalue weighted by molar-refractivity contribution is 7.80. The lowest BCUT2D eigenvalue weighted by Gasteiger charge is -2.24. The molecule has 2 rings (SSSR count). The van der Waals surface area contributed by atoms with E-state index in [1.54, 1.807) is 0 Å². The summed E-state index contributed by atoms with van der Waals surface area (Å²) >= 11 is 5.47. The van der Waals surface area contributed by atoms with Crippen LogP contribution in [0.2, 0.25) is 0 Å². The molecule has 0 aliphatic heterocycles. The van der Waals surface area contributed by atoms with Crippen LogP contribution in [-0.4, -0.2) is 11.2 Å². The molecule has 1 aliphatic carbocycles. The predicted octanol–water partition coefficient (Wildman–Crippen LogP) is 4.32. The molecule has 0 amide bonds. The third-order valence-corrected chi connectivity index (χ3v) is 4.32. The summed E-state index contributed by atoms with van der Waals surface area (Å²) in [5.41, 5.74) is 1.27. The number of hydrogen-bond acceptors (Lipinski definition) is 1. The minimum atomic E-state index is 0.254. The fourth-order valence-corrected chi connectivity index (χ4v) is 3.19. The second-order valence-electron chi connectivity index (χ2n) is 5.79. The van der Waals surface area contributed by atoms with E-state index in [0.29, 0.717) is 6.04 Å². The van der Waals surface area contributed by atoms with Crippen molar-refractivity contribution in [3.05, 3.63) is 35.9 Å². The van der Waals surface area contributed by atoms with Crippen LogP contribution in [0.3, 0.4) is 0 Å². The molecule has 110 valence electrons. The predicted molar refractivity (Wildman–Crippen MR) is 89.8 cm³/mol. The van der Waals surface area contributed by atoms with E-state index in [0.717, 1.165) is 5.11 Å². The van der Waals surface area contributed by atoms with Crippen LogP contribution in [-0.2, 0) is 0 Å². The quantitative estimate of drug-likeness (QED) is 0.811. The average molecular weight is 290 g/mol. The van der Waals surface area contributed by atoms with Gasteiger partial charge in [0.1, 0.15) is 0 Å². The molecule has 3 heteroatoms. The van der Waals surface area contributed by atoms with Gasteiger partial charge in [-0.2, -0.15) is 0 Å². The van der Waals surface area contributed by atoms with Gasteiger partial charge >= 0.3 is 0 Å². The second-order valence-corrected chi connectivity index (χ2v) is 6.20.